The number of aromatic nitrogens is 2. The summed E-state index contributed by atoms with van der Waals surface area (Å²) in [5.41, 5.74) is 2.60. The van der Waals surface area contributed by atoms with Gasteiger partial charge in [0.15, 0.2) is 6.61 Å². The maximum absolute atomic E-state index is 12.0. The molecule has 0 bridgehead atoms. The van der Waals surface area contributed by atoms with E-state index in [0.717, 1.165) is 11.1 Å². The van der Waals surface area contributed by atoms with Crippen molar-refractivity contribution in [1.82, 2.24) is 10.2 Å². The van der Waals surface area contributed by atoms with E-state index < -0.39 is 0 Å². The first-order valence-corrected chi connectivity index (χ1v) is 9.21. The standard InChI is InChI=1S/C23H19N3O3/c27-21(16-28-20-9-5-2-6-10-20)24-19-13-11-17(12-14-19)15-22-25-26-23(29-22)18-7-3-1-4-8-18/h1-14H,15-16H2,(H,24,27). The third-order valence-corrected chi connectivity index (χ3v) is 4.19. The molecule has 4 rings (SSSR count). The normalized spacial score (nSPS) is 10.5. The quantitative estimate of drug-likeness (QED) is 0.512. The Morgan fingerprint density at radius 2 is 1.55 bits per heavy atom. The first kappa shape index (κ1) is 18.4. The topological polar surface area (TPSA) is 77.2 Å². The van der Waals surface area contributed by atoms with E-state index in [0.29, 0.717) is 29.6 Å². The summed E-state index contributed by atoms with van der Waals surface area (Å²) in [7, 11) is 0. The van der Waals surface area contributed by atoms with Crippen LogP contribution < -0.4 is 10.1 Å². The lowest BCUT2D eigenvalue weighted by molar-refractivity contribution is -0.118. The van der Waals surface area contributed by atoms with Crippen molar-refractivity contribution in [2.75, 3.05) is 11.9 Å². The Morgan fingerprint density at radius 3 is 2.28 bits per heavy atom. The van der Waals surface area contributed by atoms with Crippen molar-refractivity contribution in [3.8, 4) is 17.2 Å². The predicted molar refractivity (Wildman–Crippen MR) is 110 cm³/mol. The molecule has 29 heavy (non-hydrogen) atoms. The zero-order valence-corrected chi connectivity index (χ0v) is 15.6. The zero-order chi connectivity index (χ0) is 19.9. The van der Waals surface area contributed by atoms with Crippen LogP contribution in [0.15, 0.2) is 89.3 Å². The van der Waals surface area contributed by atoms with Crippen LogP contribution >= 0.6 is 0 Å². The van der Waals surface area contributed by atoms with Crippen molar-refractivity contribution < 1.29 is 13.9 Å². The third-order valence-electron chi connectivity index (χ3n) is 4.19. The number of nitrogens with one attached hydrogen (secondary N) is 1. The van der Waals surface area contributed by atoms with Crippen LogP contribution in [0.25, 0.3) is 11.5 Å². The molecular formula is C23H19N3O3. The van der Waals surface area contributed by atoms with Crippen LogP contribution in [0, 0.1) is 0 Å². The van der Waals surface area contributed by atoms with E-state index >= 15 is 0 Å². The molecule has 4 aromatic rings. The lowest BCUT2D eigenvalue weighted by atomic mass is 10.1. The number of anilines is 1. The van der Waals surface area contributed by atoms with Crippen LogP contribution in [0.4, 0.5) is 5.69 Å². The minimum Gasteiger partial charge on any atom is -0.484 e. The minimum absolute atomic E-state index is 0.0456. The molecule has 0 aliphatic rings. The fourth-order valence-corrected chi connectivity index (χ4v) is 2.77. The van der Waals surface area contributed by atoms with Crippen molar-refractivity contribution in [2.24, 2.45) is 0 Å². The zero-order valence-electron chi connectivity index (χ0n) is 15.6. The van der Waals surface area contributed by atoms with Gasteiger partial charge in [0.05, 0.1) is 6.42 Å². The van der Waals surface area contributed by atoms with Gasteiger partial charge >= 0.3 is 0 Å². The Hall–Kier alpha value is -3.93. The van der Waals surface area contributed by atoms with Gasteiger partial charge in [0.2, 0.25) is 11.8 Å². The molecule has 0 unspecified atom stereocenters. The smallest absolute Gasteiger partial charge is 0.262 e. The average molecular weight is 385 g/mol. The maximum atomic E-state index is 12.0. The van der Waals surface area contributed by atoms with Gasteiger partial charge in [0, 0.05) is 11.3 Å². The largest absolute Gasteiger partial charge is 0.484 e. The van der Waals surface area contributed by atoms with Crippen LogP contribution in [0.5, 0.6) is 5.75 Å². The van der Waals surface area contributed by atoms with Gasteiger partial charge < -0.3 is 14.5 Å². The molecule has 1 heterocycles. The van der Waals surface area contributed by atoms with Crippen molar-refractivity contribution >= 4 is 11.6 Å². The van der Waals surface area contributed by atoms with Gasteiger partial charge in [-0.2, -0.15) is 0 Å². The summed E-state index contributed by atoms with van der Waals surface area (Å²) in [5.74, 6) is 1.48. The van der Waals surface area contributed by atoms with Crippen molar-refractivity contribution in [2.45, 2.75) is 6.42 Å². The number of carbonyl (C=O) groups excluding carboxylic acids is 1. The second kappa shape index (κ2) is 8.84. The van der Waals surface area contributed by atoms with Gasteiger partial charge in [0.1, 0.15) is 5.75 Å². The van der Waals surface area contributed by atoms with E-state index in [-0.39, 0.29) is 12.5 Å². The molecule has 0 saturated heterocycles. The highest BCUT2D eigenvalue weighted by Gasteiger charge is 2.09. The fourth-order valence-electron chi connectivity index (χ4n) is 2.77. The number of amides is 1. The Kier molecular flexibility index (Phi) is 5.62. The van der Waals surface area contributed by atoms with Crippen LogP contribution in [-0.2, 0) is 11.2 Å². The van der Waals surface area contributed by atoms with Gasteiger partial charge in [-0.1, -0.05) is 48.5 Å². The molecule has 144 valence electrons. The molecule has 0 aliphatic carbocycles. The number of para-hydroxylation sites is 1. The number of hydrogen-bond donors (Lipinski definition) is 1. The van der Waals surface area contributed by atoms with Crippen LogP contribution in [-0.4, -0.2) is 22.7 Å². The second-order valence-electron chi connectivity index (χ2n) is 6.39. The highest BCUT2D eigenvalue weighted by atomic mass is 16.5. The van der Waals surface area contributed by atoms with Gasteiger partial charge in [-0.25, -0.2) is 0 Å². The molecule has 3 aromatic carbocycles. The Morgan fingerprint density at radius 1 is 0.862 bits per heavy atom. The van der Waals surface area contributed by atoms with Gasteiger partial charge in [-0.05, 0) is 42.0 Å². The molecule has 0 fully saturated rings. The predicted octanol–water partition coefficient (Wildman–Crippen LogP) is 4.34. The second-order valence-corrected chi connectivity index (χ2v) is 6.39. The molecule has 0 atom stereocenters. The van der Waals surface area contributed by atoms with Gasteiger partial charge in [-0.3, -0.25) is 4.79 Å². The summed E-state index contributed by atoms with van der Waals surface area (Å²) >= 11 is 0. The summed E-state index contributed by atoms with van der Waals surface area (Å²) in [6, 6.07) is 26.4. The van der Waals surface area contributed by atoms with Crippen molar-refractivity contribution in [1.29, 1.82) is 0 Å². The van der Waals surface area contributed by atoms with Gasteiger partial charge in [-0.15, -0.1) is 10.2 Å². The lowest BCUT2D eigenvalue weighted by Gasteiger charge is -2.08. The highest BCUT2D eigenvalue weighted by molar-refractivity contribution is 5.91. The summed E-state index contributed by atoms with van der Waals surface area (Å²) < 4.78 is 11.2. The monoisotopic (exact) mass is 385 g/mol. The first-order valence-electron chi connectivity index (χ1n) is 9.21. The number of nitrogens with zero attached hydrogens (tertiary/aromatic N) is 2. The summed E-state index contributed by atoms with van der Waals surface area (Å²) in [6.45, 7) is -0.0456. The van der Waals surface area contributed by atoms with Crippen LogP contribution in [0.3, 0.4) is 0 Å². The number of carbonyl (C=O) groups is 1. The molecule has 1 aromatic heterocycles. The third kappa shape index (κ3) is 5.07. The van der Waals surface area contributed by atoms with Gasteiger partial charge in [0.25, 0.3) is 5.91 Å². The number of hydrogen-bond acceptors (Lipinski definition) is 5. The molecule has 6 nitrogen and oxygen atoms in total. The molecule has 0 saturated carbocycles. The Labute approximate surface area is 168 Å². The summed E-state index contributed by atoms with van der Waals surface area (Å²) in [4.78, 5) is 12.0. The molecular weight excluding hydrogens is 366 g/mol. The lowest BCUT2D eigenvalue weighted by Crippen LogP contribution is -2.20. The van der Waals surface area contributed by atoms with E-state index in [4.69, 9.17) is 9.15 Å². The average Bonchev–Trinajstić information content (AvgIpc) is 3.24. The first-order chi connectivity index (χ1) is 14.3. The summed E-state index contributed by atoms with van der Waals surface area (Å²) in [5, 5.41) is 11.0. The van der Waals surface area contributed by atoms with Crippen molar-refractivity contribution in [3.63, 3.8) is 0 Å². The Bertz CT molecular complexity index is 1060. The van der Waals surface area contributed by atoms with E-state index in [2.05, 4.69) is 15.5 Å². The number of benzene rings is 3. The van der Waals surface area contributed by atoms with E-state index in [9.17, 15) is 4.79 Å². The molecule has 0 aliphatic heterocycles. The summed E-state index contributed by atoms with van der Waals surface area (Å²) in [6.07, 6.45) is 0.519. The highest BCUT2D eigenvalue weighted by Crippen LogP contribution is 2.19. The molecule has 1 amide bonds. The number of rotatable bonds is 7. The molecule has 6 heteroatoms. The molecule has 0 spiro atoms. The minimum atomic E-state index is -0.217. The fraction of sp³-hybridized carbons (Fsp3) is 0.0870. The van der Waals surface area contributed by atoms with E-state index in [1.165, 1.54) is 0 Å². The maximum Gasteiger partial charge on any atom is 0.262 e. The van der Waals surface area contributed by atoms with Crippen LogP contribution in [0.1, 0.15) is 11.5 Å². The van der Waals surface area contributed by atoms with Crippen LogP contribution in [0.2, 0.25) is 0 Å². The van der Waals surface area contributed by atoms with E-state index in [1.54, 1.807) is 0 Å². The molecule has 0 radical (unpaired) electrons. The Balaban J connectivity index is 1.31. The number of ether oxygens (including phenoxy) is 1. The van der Waals surface area contributed by atoms with Crippen molar-refractivity contribution in [3.05, 3.63) is 96.4 Å². The van der Waals surface area contributed by atoms with E-state index in [1.807, 2.05) is 84.9 Å². The SMILES string of the molecule is O=C(COc1ccccc1)Nc1ccc(Cc2nnc(-c3ccccc3)o2)cc1. The molecule has 1 N–H and O–H groups in total.